The van der Waals surface area contributed by atoms with Crippen molar-refractivity contribution in [3.63, 3.8) is 0 Å². The highest BCUT2D eigenvalue weighted by atomic mass is 16.3. The molecule has 6 rings (SSSR count). The number of rotatable bonds is 4. The van der Waals surface area contributed by atoms with E-state index in [4.69, 9.17) is 0 Å². The number of nitrogens with one attached hydrogen (secondary N) is 2. The molecule has 2 aliphatic carbocycles. The molecule has 0 bridgehead atoms. The van der Waals surface area contributed by atoms with E-state index in [1.807, 2.05) is 28.8 Å². The van der Waals surface area contributed by atoms with Gasteiger partial charge in [0.15, 0.2) is 0 Å². The molecule has 0 unspecified atom stereocenters. The van der Waals surface area contributed by atoms with Crippen LogP contribution in [-0.2, 0) is 24.2 Å². The number of hydrogen-bond acceptors (Lipinski definition) is 4. The molecule has 1 aromatic heterocycles. The van der Waals surface area contributed by atoms with Crippen LogP contribution < -0.4 is 16.2 Å². The fourth-order valence-corrected chi connectivity index (χ4v) is 6.37. The standard InChI is InChI=1S/C26H29N3O3/c30-14-21-20-13-29-22(10-9-19(26(29)32)15-5-1-2-6-15)23(20)28-24(21)25(31)27-18-11-16-7-3-4-8-17(16)12-18/h3-5,7-10,18,20-21,23-24,28,30H,1-2,6,11-14H2,(H,27,31)/t20-,21-,23+,24-/m1/s1. The topological polar surface area (TPSA) is 83.4 Å². The predicted molar refractivity (Wildman–Crippen MR) is 122 cm³/mol. The molecule has 0 saturated carbocycles. The van der Waals surface area contributed by atoms with Crippen molar-refractivity contribution in [3.8, 4) is 0 Å². The second-order valence-corrected chi connectivity index (χ2v) is 9.72. The van der Waals surface area contributed by atoms with Gasteiger partial charge in [-0.1, -0.05) is 30.3 Å². The minimum atomic E-state index is -0.445. The average Bonchev–Trinajstić information content (AvgIpc) is 3.56. The number of aromatic nitrogens is 1. The number of aliphatic hydroxyl groups excluding tert-OH is 1. The van der Waals surface area contributed by atoms with Crippen molar-refractivity contribution in [2.24, 2.45) is 11.8 Å². The van der Waals surface area contributed by atoms with Crippen LogP contribution in [0.25, 0.3) is 5.57 Å². The van der Waals surface area contributed by atoms with Crippen molar-refractivity contribution in [1.29, 1.82) is 0 Å². The lowest BCUT2D eigenvalue weighted by Gasteiger charge is -2.23. The molecular weight excluding hydrogens is 402 g/mol. The van der Waals surface area contributed by atoms with E-state index in [0.717, 1.165) is 48.9 Å². The number of carbonyl (C=O) groups is 1. The van der Waals surface area contributed by atoms with Gasteiger partial charge in [0.25, 0.3) is 5.56 Å². The van der Waals surface area contributed by atoms with Crippen molar-refractivity contribution in [3.05, 3.63) is 75.2 Å². The summed E-state index contributed by atoms with van der Waals surface area (Å²) in [6.07, 6.45) is 6.99. The van der Waals surface area contributed by atoms with E-state index in [-0.39, 0.29) is 42.0 Å². The first kappa shape index (κ1) is 19.9. The Labute approximate surface area is 187 Å². The molecule has 3 N–H and O–H groups in total. The van der Waals surface area contributed by atoms with Gasteiger partial charge in [-0.3, -0.25) is 14.9 Å². The second-order valence-electron chi connectivity index (χ2n) is 9.72. The highest BCUT2D eigenvalue weighted by Crippen LogP contribution is 2.43. The Morgan fingerprint density at radius 2 is 1.94 bits per heavy atom. The van der Waals surface area contributed by atoms with Crippen molar-refractivity contribution in [2.45, 2.75) is 56.8 Å². The molecule has 32 heavy (non-hydrogen) atoms. The highest BCUT2D eigenvalue weighted by Gasteiger charge is 2.50. The molecule has 3 heterocycles. The number of aliphatic hydroxyl groups is 1. The third-order valence-corrected chi connectivity index (χ3v) is 7.96. The van der Waals surface area contributed by atoms with Crippen LogP contribution in [0, 0.1) is 11.8 Å². The summed E-state index contributed by atoms with van der Waals surface area (Å²) in [5, 5.41) is 16.9. The molecule has 0 spiro atoms. The first-order valence-electron chi connectivity index (χ1n) is 11.8. The maximum absolute atomic E-state index is 13.2. The van der Waals surface area contributed by atoms with Gasteiger partial charge in [0.1, 0.15) is 0 Å². The summed E-state index contributed by atoms with van der Waals surface area (Å²) >= 11 is 0. The van der Waals surface area contributed by atoms with Crippen molar-refractivity contribution >= 4 is 11.5 Å². The third kappa shape index (κ3) is 3.08. The molecule has 4 aliphatic rings. The lowest BCUT2D eigenvalue weighted by molar-refractivity contribution is -0.125. The van der Waals surface area contributed by atoms with Gasteiger partial charge in [-0.25, -0.2) is 0 Å². The quantitative estimate of drug-likeness (QED) is 0.691. The van der Waals surface area contributed by atoms with Crippen LogP contribution in [0.3, 0.4) is 0 Å². The lowest BCUT2D eigenvalue weighted by Crippen LogP contribution is -2.49. The zero-order valence-electron chi connectivity index (χ0n) is 18.1. The van der Waals surface area contributed by atoms with Gasteiger partial charge >= 0.3 is 0 Å². The van der Waals surface area contributed by atoms with Gasteiger partial charge < -0.3 is 15.0 Å². The SMILES string of the molecule is O=C(NC1Cc2ccccc2C1)[C@@H]1N[C@@H]2c3ccc(C4=CCCC4)c(=O)n3C[C@@H]2[C@H]1CO. The van der Waals surface area contributed by atoms with Crippen LogP contribution >= 0.6 is 0 Å². The smallest absolute Gasteiger partial charge is 0.258 e. The van der Waals surface area contributed by atoms with Crippen LogP contribution in [0.5, 0.6) is 0 Å². The number of hydrogen-bond donors (Lipinski definition) is 3. The van der Waals surface area contributed by atoms with Crippen LogP contribution in [0.15, 0.2) is 47.3 Å². The molecule has 1 fully saturated rings. The number of fused-ring (bicyclic) bond motifs is 4. The van der Waals surface area contributed by atoms with E-state index in [9.17, 15) is 14.7 Å². The van der Waals surface area contributed by atoms with E-state index in [2.05, 4.69) is 28.8 Å². The van der Waals surface area contributed by atoms with Crippen LogP contribution in [-0.4, -0.2) is 34.3 Å². The second kappa shape index (κ2) is 7.71. The Kier molecular flexibility index (Phi) is 4.81. The van der Waals surface area contributed by atoms with Gasteiger partial charge in [-0.05, 0) is 60.9 Å². The Hall–Kier alpha value is -2.70. The van der Waals surface area contributed by atoms with E-state index in [1.165, 1.54) is 11.1 Å². The fraction of sp³-hybridized carbons (Fsp3) is 0.462. The third-order valence-electron chi connectivity index (χ3n) is 7.96. The number of carbonyl (C=O) groups excluding carboxylic acids is 1. The van der Waals surface area contributed by atoms with Gasteiger partial charge in [-0.15, -0.1) is 0 Å². The fourth-order valence-electron chi connectivity index (χ4n) is 6.37. The minimum Gasteiger partial charge on any atom is -0.396 e. The largest absolute Gasteiger partial charge is 0.396 e. The van der Waals surface area contributed by atoms with Crippen molar-refractivity contribution in [1.82, 2.24) is 15.2 Å². The molecule has 1 amide bonds. The van der Waals surface area contributed by atoms with Crippen molar-refractivity contribution in [2.75, 3.05) is 6.61 Å². The molecule has 166 valence electrons. The number of amides is 1. The van der Waals surface area contributed by atoms with Crippen LogP contribution in [0.4, 0.5) is 0 Å². The normalized spacial score (nSPS) is 28.3. The van der Waals surface area contributed by atoms with E-state index >= 15 is 0 Å². The van der Waals surface area contributed by atoms with E-state index in [1.54, 1.807) is 0 Å². The number of pyridine rings is 1. The zero-order chi connectivity index (χ0) is 21.8. The number of nitrogens with zero attached hydrogens (tertiary/aromatic N) is 1. The molecule has 1 aromatic carbocycles. The van der Waals surface area contributed by atoms with Crippen LogP contribution in [0.1, 0.15) is 47.7 Å². The van der Waals surface area contributed by atoms with Gasteiger partial charge in [-0.2, -0.15) is 0 Å². The Morgan fingerprint density at radius 1 is 1.16 bits per heavy atom. The summed E-state index contributed by atoms with van der Waals surface area (Å²) in [6.45, 7) is 0.481. The molecule has 4 atom stereocenters. The first-order chi connectivity index (χ1) is 15.6. The molecule has 1 saturated heterocycles. The van der Waals surface area contributed by atoms with Crippen molar-refractivity contribution < 1.29 is 9.90 Å². The summed E-state index contributed by atoms with van der Waals surface area (Å²) in [7, 11) is 0. The van der Waals surface area contributed by atoms with Gasteiger partial charge in [0, 0.05) is 42.3 Å². The summed E-state index contributed by atoms with van der Waals surface area (Å²) in [5.74, 6) is -0.216. The number of benzene rings is 1. The molecule has 6 heteroatoms. The molecule has 6 nitrogen and oxygen atoms in total. The monoisotopic (exact) mass is 431 g/mol. The summed E-state index contributed by atoms with van der Waals surface area (Å²) in [5.41, 5.74) is 5.56. The predicted octanol–water partition coefficient (Wildman–Crippen LogP) is 1.95. The highest BCUT2D eigenvalue weighted by molar-refractivity contribution is 5.83. The van der Waals surface area contributed by atoms with Crippen LogP contribution in [0.2, 0.25) is 0 Å². The van der Waals surface area contributed by atoms with E-state index < -0.39 is 6.04 Å². The molecule has 2 aromatic rings. The molecular formula is C26H29N3O3. The maximum atomic E-state index is 13.2. The Bertz CT molecular complexity index is 1140. The van der Waals surface area contributed by atoms with Gasteiger partial charge in [0.2, 0.25) is 5.91 Å². The number of allylic oxidation sites excluding steroid dienone is 2. The Morgan fingerprint density at radius 3 is 2.62 bits per heavy atom. The summed E-state index contributed by atoms with van der Waals surface area (Å²) in [4.78, 5) is 26.4. The summed E-state index contributed by atoms with van der Waals surface area (Å²) < 4.78 is 1.86. The first-order valence-corrected chi connectivity index (χ1v) is 11.8. The average molecular weight is 432 g/mol. The maximum Gasteiger partial charge on any atom is 0.258 e. The molecule has 0 radical (unpaired) electrons. The molecule has 2 aliphatic heterocycles. The Balaban J connectivity index is 1.21. The minimum absolute atomic E-state index is 0.0389. The summed E-state index contributed by atoms with van der Waals surface area (Å²) in [6, 6.07) is 11.9. The zero-order valence-corrected chi connectivity index (χ0v) is 18.1. The van der Waals surface area contributed by atoms with Gasteiger partial charge in [0.05, 0.1) is 12.1 Å². The lowest BCUT2D eigenvalue weighted by atomic mass is 9.88. The van der Waals surface area contributed by atoms with E-state index in [0.29, 0.717) is 6.54 Å².